The Morgan fingerprint density at radius 1 is 1.07 bits per heavy atom. The average Bonchev–Trinajstić information content (AvgIpc) is 2.94. The number of carbonyl (C=O) groups is 1. The van der Waals surface area contributed by atoms with E-state index in [2.05, 4.69) is 5.32 Å². The van der Waals surface area contributed by atoms with Crippen LogP contribution in [0.1, 0.15) is 47.9 Å². The highest BCUT2D eigenvalue weighted by Gasteiger charge is 2.48. The zero-order chi connectivity index (χ0) is 21.6. The summed E-state index contributed by atoms with van der Waals surface area (Å²) in [6.07, 6.45) is 3.06. The van der Waals surface area contributed by atoms with Crippen molar-refractivity contribution in [2.45, 2.75) is 58.1 Å². The Kier molecular flexibility index (Phi) is 5.18. The fourth-order valence-electron chi connectivity index (χ4n) is 5.23. The maximum Gasteiger partial charge on any atom is 0.256 e. The van der Waals surface area contributed by atoms with Crippen LogP contribution in [0.2, 0.25) is 0 Å². The molecule has 0 saturated heterocycles. The van der Waals surface area contributed by atoms with Gasteiger partial charge in [0.1, 0.15) is 11.6 Å². The monoisotopic (exact) mass is 409 g/mol. The number of nitrogens with one attached hydrogen (secondary N) is 1. The minimum absolute atomic E-state index is 0.141. The summed E-state index contributed by atoms with van der Waals surface area (Å²) in [5, 5.41) is 14.3. The molecule has 2 aliphatic rings. The summed E-state index contributed by atoms with van der Waals surface area (Å²) in [6.45, 7) is 5.94. The van der Waals surface area contributed by atoms with Gasteiger partial charge in [0.05, 0.1) is 17.2 Å². The highest BCUT2D eigenvalue weighted by atomic mass is 19.1. The van der Waals surface area contributed by atoms with Crippen LogP contribution in [0.15, 0.2) is 36.1 Å². The number of benzene rings is 2. The molecule has 0 unspecified atom stereocenters. The third-order valence-corrected chi connectivity index (χ3v) is 6.74. The van der Waals surface area contributed by atoms with Crippen LogP contribution in [0.4, 0.5) is 4.39 Å². The van der Waals surface area contributed by atoms with E-state index in [-0.39, 0.29) is 23.6 Å². The average molecular weight is 410 g/mol. The lowest BCUT2D eigenvalue weighted by Gasteiger charge is -2.36. The molecular weight excluding hydrogens is 381 g/mol. The summed E-state index contributed by atoms with van der Waals surface area (Å²) in [6, 6.07) is 8.41. The molecule has 2 aromatic carbocycles. The van der Waals surface area contributed by atoms with E-state index in [9.17, 15) is 14.3 Å². The van der Waals surface area contributed by atoms with Crippen LogP contribution in [0.25, 0.3) is 16.7 Å². The van der Waals surface area contributed by atoms with E-state index in [1.54, 1.807) is 19.2 Å². The smallest absolute Gasteiger partial charge is 0.256 e. The van der Waals surface area contributed by atoms with Crippen molar-refractivity contribution in [1.82, 2.24) is 5.32 Å². The second-order valence-corrected chi connectivity index (χ2v) is 8.59. The largest absolute Gasteiger partial charge is 0.509 e. The van der Waals surface area contributed by atoms with Crippen LogP contribution < -0.4 is 5.32 Å². The van der Waals surface area contributed by atoms with Gasteiger partial charge in [-0.05, 0) is 92.0 Å². The Balaban J connectivity index is 1.85. The quantitative estimate of drug-likeness (QED) is 0.738. The second kappa shape index (κ2) is 7.55. The number of hydrogen-bond acceptors (Lipinski definition) is 3. The lowest BCUT2D eigenvalue weighted by molar-refractivity contribution is -0.116. The van der Waals surface area contributed by atoms with Gasteiger partial charge in [-0.1, -0.05) is 18.2 Å². The van der Waals surface area contributed by atoms with Crippen molar-refractivity contribution in [3.8, 4) is 11.1 Å². The summed E-state index contributed by atoms with van der Waals surface area (Å²) >= 11 is 0. The van der Waals surface area contributed by atoms with E-state index in [0.717, 1.165) is 46.2 Å². The first-order chi connectivity index (χ1) is 14.3. The molecule has 30 heavy (non-hydrogen) atoms. The minimum atomic E-state index is -0.707. The first-order valence-electron chi connectivity index (χ1n) is 10.4. The molecule has 1 spiro atoms. The topological polar surface area (TPSA) is 58.6 Å². The third kappa shape index (κ3) is 3.21. The van der Waals surface area contributed by atoms with Gasteiger partial charge in [-0.2, -0.15) is 0 Å². The number of amides is 1. The van der Waals surface area contributed by atoms with Gasteiger partial charge in [-0.3, -0.25) is 4.79 Å². The van der Waals surface area contributed by atoms with Gasteiger partial charge in [-0.15, -0.1) is 0 Å². The zero-order valence-corrected chi connectivity index (χ0v) is 17.9. The lowest BCUT2D eigenvalue weighted by atomic mass is 9.78. The molecule has 1 amide bonds. The van der Waals surface area contributed by atoms with Crippen molar-refractivity contribution in [1.29, 1.82) is 0 Å². The van der Waals surface area contributed by atoms with E-state index >= 15 is 0 Å². The SMILES string of the molecule is CO[C@H]1CC[C@@]2(CC1)NC(=O)C(c1c(C)cc(C)c(-c3ccc(F)cc3)c1C)=C2O. The number of halogens is 1. The van der Waals surface area contributed by atoms with E-state index < -0.39 is 5.54 Å². The van der Waals surface area contributed by atoms with Crippen molar-refractivity contribution < 1.29 is 19.0 Å². The molecule has 5 heteroatoms. The van der Waals surface area contributed by atoms with Crippen LogP contribution >= 0.6 is 0 Å². The van der Waals surface area contributed by atoms with Crippen LogP contribution in [-0.2, 0) is 9.53 Å². The summed E-state index contributed by atoms with van der Waals surface area (Å²) in [5.41, 5.74) is 5.18. The first-order valence-corrected chi connectivity index (χ1v) is 10.4. The predicted molar refractivity (Wildman–Crippen MR) is 116 cm³/mol. The van der Waals surface area contributed by atoms with Gasteiger partial charge < -0.3 is 15.2 Å². The van der Waals surface area contributed by atoms with Gasteiger partial charge in [0.2, 0.25) is 0 Å². The van der Waals surface area contributed by atoms with Crippen molar-refractivity contribution in [3.63, 3.8) is 0 Å². The number of aliphatic hydroxyl groups excluding tert-OH is 1. The standard InChI is InChI=1S/C25H28FNO3/c1-14-13-15(2)21(16(3)20(14)17-5-7-18(26)8-6-17)22-23(28)25(27-24(22)29)11-9-19(30-4)10-12-25/h5-8,13,19,28H,9-12H2,1-4H3,(H,27,29)/t19-,25-. The Morgan fingerprint density at radius 3 is 2.27 bits per heavy atom. The molecule has 0 bridgehead atoms. The second-order valence-electron chi connectivity index (χ2n) is 8.59. The van der Waals surface area contributed by atoms with Gasteiger partial charge in [0, 0.05) is 7.11 Å². The van der Waals surface area contributed by atoms with Crippen molar-refractivity contribution in [2.75, 3.05) is 7.11 Å². The van der Waals surface area contributed by atoms with E-state index in [4.69, 9.17) is 4.74 Å². The van der Waals surface area contributed by atoms with Crippen LogP contribution in [0, 0.1) is 26.6 Å². The maximum absolute atomic E-state index is 13.4. The Labute approximate surface area is 176 Å². The minimum Gasteiger partial charge on any atom is -0.509 e. The Morgan fingerprint density at radius 2 is 1.67 bits per heavy atom. The molecule has 2 aromatic rings. The number of rotatable bonds is 3. The number of methoxy groups -OCH3 is 1. The van der Waals surface area contributed by atoms with Gasteiger partial charge in [-0.25, -0.2) is 4.39 Å². The molecule has 1 fully saturated rings. The zero-order valence-electron chi connectivity index (χ0n) is 17.9. The maximum atomic E-state index is 13.4. The number of aliphatic hydroxyl groups is 1. The molecule has 0 atom stereocenters. The Bertz CT molecular complexity index is 1030. The molecule has 0 aromatic heterocycles. The number of ether oxygens (including phenoxy) is 1. The predicted octanol–water partition coefficient (Wildman–Crippen LogP) is 5.14. The normalized spacial score (nSPS) is 23.9. The lowest BCUT2D eigenvalue weighted by Crippen LogP contribution is -2.48. The van der Waals surface area contributed by atoms with Gasteiger partial charge >= 0.3 is 0 Å². The van der Waals surface area contributed by atoms with Gasteiger partial charge in [0.15, 0.2) is 0 Å². The third-order valence-electron chi connectivity index (χ3n) is 6.74. The fraction of sp³-hybridized carbons (Fsp3) is 0.400. The molecule has 158 valence electrons. The van der Waals surface area contributed by atoms with E-state index in [1.165, 1.54) is 12.1 Å². The highest BCUT2D eigenvalue weighted by Crippen LogP contribution is 2.44. The molecule has 2 N–H and O–H groups in total. The summed E-state index contributed by atoms with van der Waals surface area (Å²) < 4.78 is 18.9. The van der Waals surface area contributed by atoms with E-state index in [1.807, 2.05) is 26.8 Å². The van der Waals surface area contributed by atoms with Crippen LogP contribution in [0.5, 0.6) is 0 Å². The molecule has 1 saturated carbocycles. The van der Waals surface area contributed by atoms with Crippen molar-refractivity contribution >= 4 is 11.5 Å². The molecular formula is C25H28FNO3. The summed E-state index contributed by atoms with van der Waals surface area (Å²) in [5.74, 6) is -0.379. The number of carbonyl (C=O) groups excluding carboxylic acids is 1. The molecule has 4 rings (SSSR count). The Hall–Kier alpha value is -2.66. The number of hydrogen-bond donors (Lipinski definition) is 2. The first kappa shape index (κ1) is 20.6. The van der Waals surface area contributed by atoms with Crippen molar-refractivity contribution in [2.24, 2.45) is 0 Å². The molecule has 1 aliphatic carbocycles. The van der Waals surface area contributed by atoms with E-state index in [0.29, 0.717) is 18.4 Å². The van der Waals surface area contributed by atoms with Crippen LogP contribution in [0.3, 0.4) is 0 Å². The molecule has 0 radical (unpaired) electrons. The summed E-state index contributed by atoms with van der Waals surface area (Å²) in [4.78, 5) is 13.1. The highest BCUT2D eigenvalue weighted by molar-refractivity contribution is 6.24. The molecule has 4 nitrogen and oxygen atoms in total. The van der Waals surface area contributed by atoms with Gasteiger partial charge in [0.25, 0.3) is 5.91 Å². The van der Waals surface area contributed by atoms with Crippen molar-refractivity contribution in [3.05, 3.63) is 64.2 Å². The number of aryl methyl sites for hydroxylation is 2. The van der Waals surface area contributed by atoms with Crippen LogP contribution in [-0.4, -0.2) is 29.8 Å². The molecule has 1 heterocycles. The summed E-state index contributed by atoms with van der Waals surface area (Å²) in [7, 11) is 1.70. The molecule has 1 aliphatic heterocycles. The fourth-order valence-corrected chi connectivity index (χ4v) is 5.23.